The van der Waals surface area contributed by atoms with Crippen LogP contribution >= 0.6 is 0 Å². The Morgan fingerprint density at radius 3 is 2.33 bits per heavy atom. The summed E-state index contributed by atoms with van der Waals surface area (Å²) in [5.41, 5.74) is 1.91. The highest BCUT2D eigenvalue weighted by Crippen LogP contribution is 2.40. The van der Waals surface area contributed by atoms with E-state index in [2.05, 4.69) is 4.40 Å². The molecule has 2 aromatic carbocycles. The first kappa shape index (κ1) is 20.3. The number of carbonyl (C=O) groups is 1. The summed E-state index contributed by atoms with van der Waals surface area (Å²) in [5.74, 6) is -0.552. The lowest BCUT2D eigenvalue weighted by Crippen LogP contribution is -2.43. The zero-order chi connectivity index (χ0) is 21.8. The molecule has 1 amide bonds. The van der Waals surface area contributed by atoms with Crippen LogP contribution in [-0.4, -0.2) is 36.1 Å². The van der Waals surface area contributed by atoms with Crippen LogP contribution in [0.2, 0.25) is 0 Å². The normalized spacial score (nSPS) is 20.5. The number of carbonyl (C=O) groups excluding carboxylic acids is 1. The minimum absolute atomic E-state index is 0.0220. The summed E-state index contributed by atoms with van der Waals surface area (Å²) >= 11 is 0. The predicted octanol–water partition coefficient (Wildman–Crippen LogP) is 3.76. The van der Waals surface area contributed by atoms with Gasteiger partial charge in [0, 0.05) is 12.1 Å². The molecule has 4 rings (SSSR count). The molecule has 0 bridgehead atoms. The van der Waals surface area contributed by atoms with Crippen LogP contribution < -0.4 is 0 Å². The van der Waals surface area contributed by atoms with Crippen LogP contribution in [0.15, 0.2) is 69.2 Å². The van der Waals surface area contributed by atoms with E-state index in [1.54, 1.807) is 23.1 Å². The first-order chi connectivity index (χ1) is 14.0. The quantitative estimate of drug-likeness (QED) is 0.813. The van der Waals surface area contributed by atoms with Gasteiger partial charge in [0.05, 0.1) is 10.9 Å². The van der Waals surface area contributed by atoms with E-state index in [1.165, 1.54) is 6.07 Å². The molecule has 0 fully saturated rings. The van der Waals surface area contributed by atoms with E-state index in [-0.39, 0.29) is 21.9 Å². The average molecular weight is 425 g/mol. The fourth-order valence-corrected chi connectivity index (χ4v) is 5.32. The van der Waals surface area contributed by atoms with Crippen LogP contribution in [0.1, 0.15) is 37.5 Å². The van der Waals surface area contributed by atoms with Crippen LogP contribution in [0, 0.1) is 12.3 Å². The van der Waals surface area contributed by atoms with Gasteiger partial charge in [-0.15, -0.1) is 0 Å². The van der Waals surface area contributed by atoms with Crippen molar-refractivity contribution in [3.05, 3.63) is 76.6 Å². The molecule has 1 atom stereocenters. The second-order valence-corrected chi connectivity index (χ2v) is 10.4. The van der Waals surface area contributed by atoms with E-state index in [1.807, 2.05) is 52.0 Å². The van der Waals surface area contributed by atoms with Crippen LogP contribution in [0.4, 0.5) is 0 Å². The Morgan fingerprint density at radius 2 is 1.70 bits per heavy atom. The van der Waals surface area contributed by atoms with Gasteiger partial charge in [-0.05, 0) is 24.0 Å². The molecule has 6 nitrogen and oxygen atoms in total. The molecule has 0 saturated heterocycles. The van der Waals surface area contributed by atoms with Crippen LogP contribution in [0.5, 0.6) is 0 Å². The summed E-state index contributed by atoms with van der Waals surface area (Å²) in [6.45, 7) is 8.11. The van der Waals surface area contributed by atoms with Crippen LogP contribution in [0.25, 0.3) is 0 Å². The molecule has 30 heavy (non-hydrogen) atoms. The van der Waals surface area contributed by atoms with Crippen molar-refractivity contribution in [1.29, 1.82) is 0 Å². The van der Waals surface area contributed by atoms with Gasteiger partial charge in [-0.2, -0.15) is 12.8 Å². The highest BCUT2D eigenvalue weighted by atomic mass is 32.2. The van der Waals surface area contributed by atoms with Crippen molar-refractivity contribution >= 4 is 21.6 Å². The van der Waals surface area contributed by atoms with Gasteiger partial charge in [-0.3, -0.25) is 4.79 Å². The minimum Gasteiger partial charge on any atom is -0.509 e. The Labute approximate surface area is 176 Å². The summed E-state index contributed by atoms with van der Waals surface area (Å²) < 4.78 is 28.9. The number of amides is 1. The highest BCUT2D eigenvalue weighted by molar-refractivity contribution is 7.90. The third-order valence-electron chi connectivity index (χ3n) is 5.46. The molecule has 0 aromatic heterocycles. The molecule has 0 spiro atoms. The molecule has 7 heteroatoms. The lowest BCUT2D eigenvalue weighted by molar-refractivity contribution is -0.129. The van der Waals surface area contributed by atoms with Gasteiger partial charge in [0.1, 0.15) is 17.0 Å². The summed E-state index contributed by atoms with van der Waals surface area (Å²) in [4.78, 5) is 15.1. The Bertz CT molecular complexity index is 1200. The molecule has 2 aliphatic heterocycles. The first-order valence-electron chi connectivity index (χ1n) is 9.75. The third kappa shape index (κ3) is 3.23. The molecular formula is C23H24N2O4S. The number of hydrogen-bond acceptors (Lipinski definition) is 4. The van der Waals surface area contributed by atoms with E-state index in [0.29, 0.717) is 12.1 Å². The van der Waals surface area contributed by atoms with E-state index in [9.17, 15) is 18.3 Å². The molecular weight excluding hydrogens is 400 g/mol. The molecule has 156 valence electrons. The van der Waals surface area contributed by atoms with Crippen molar-refractivity contribution in [2.24, 2.45) is 9.81 Å². The van der Waals surface area contributed by atoms with Gasteiger partial charge in [-0.25, -0.2) is 0 Å². The number of fused-ring (bicyclic) bond motifs is 1. The number of aryl methyl sites for hydroxylation is 1. The van der Waals surface area contributed by atoms with Gasteiger partial charge in [0.15, 0.2) is 0 Å². The molecule has 2 aliphatic rings. The largest absolute Gasteiger partial charge is 0.509 e. The zero-order valence-corrected chi connectivity index (χ0v) is 18.2. The van der Waals surface area contributed by atoms with Crippen LogP contribution in [0.3, 0.4) is 0 Å². The molecule has 0 saturated carbocycles. The number of aliphatic hydroxyl groups is 1. The number of hydrogen-bond donors (Lipinski definition) is 1. The molecule has 0 aliphatic carbocycles. The second-order valence-electron chi connectivity index (χ2n) is 8.86. The average Bonchev–Trinajstić information content (AvgIpc) is 3.07. The van der Waals surface area contributed by atoms with Crippen molar-refractivity contribution < 1.29 is 18.3 Å². The standard InChI is InChI=1S/C23H24N2O4S/c1-14-9-11-15(12-10-14)13-25-21(23(2,3)4)20(26)18(22(25)27)19-16-7-5-6-8-17(16)30(28,29)24-19/h5-12,21,26H,13H2,1-4H3. The van der Waals surface area contributed by atoms with E-state index in [0.717, 1.165) is 11.1 Å². The van der Waals surface area contributed by atoms with Gasteiger partial charge in [0.25, 0.3) is 15.9 Å². The second kappa shape index (κ2) is 6.80. The maximum Gasteiger partial charge on any atom is 0.283 e. The number of nitrogens with zero attached hydrogens (tertiary/aromatic N) is 2. The first-order valence-corrected chi connectivity index (χ1v) is 11.2. The SMILES string of the molecule is Cc1ccc(CN2C(=O)C(C3=NS(=O)(=O)c4ccccc43)=C(O)C2C(C)(C)C)cc1. The van der Waals surface area contributed by atoms with Crippen molar-refractivity contribution in [3.8, 4) is 0 Å². The van der Waals surface area contributed by atoms with Gasteiger partial charge >= 0.3 is 0 Å². The van der Waals surface area contributed by atoms with E-state index < -0.39 is 27.4 Å². The fraction of sp³-hybridized carbons (Fsp3) is 0.304. The molecule has 0 radical (unpaired) electrons. The number of sulfonamides is 1. The van der Waals surface area contributed by atoms with Gasteiger partial charge in [0.2, 0.25) is 0 Å². The number of benzene rings is 2. The Hall–Kier alpha value is -2.93. The topological polar surface area (TPSA) is 87.0 Å². The van der Waals surface area contributed by atoms with Crippen molar-refractivity contribution in [3.63, 3.8) is 0 Å². The minimum atomic E-state index is -3.90. The van der Waals surface area contributed by atoms with Crippen molar-refractivity contribution in [1.82, 2.24) is 4.90 Å². The fourth-order valence-electron chi connectivity index (χ4n) is 4.09. The summed E-state index contributed by atoms with van der Waals surface area (Å²) in [7, 11) is -3.90. The van der Waals surface area contributed by atoms with Crippen LogP contribution in [-0.2, 0) is 21.4 Å². The Kier molecular flexibility index (Phi) is 4.62. The number of rotatable bonds is 3. The smallest absolute Gasteiger partial charge is 0.283 e. The van der Waals surface area contributed by atoms with Crippen molar-refractivity contribution in [2.45, 2.75) is 45.2 Å². The lowest BCUT2D eigenvalue weighted by Gasteiger charge is -2.35. The predicted molar refractivity (Wildman–Crippen MR) is 115 cm³/mol. The molecule has 2 heterocycles. The number of aliphatic hydroxyl groups excluding tert-OH is 1. The Balaban J connectivity index is 1.82. The monoisotopic (exact) mass is 424 g/mol. The molecule has 2 aromatic rings. The molecule has 1 unspecified atom stereocenters. The lowest BCUT2D eigenvalue weighted by atomic mass is 9.84. The maximum absolute atomic E-state index is 13.5. The van der Waals surface area contributed by atoms with Gasteiger partial charge < -0.3 is 10.0 Å². The maximum atomic E-state index is 13.5. The van der Waals surface area contributed by atoms with Gasteiger partial charge in [-0.1, -0.05) is 68.8 Å². The third-order valence-corrected chi connectivity index (χ3v) is 6.80. The summed E-state index contributed by atoms with van der Waals surface area (Å²) in [6.07, 6.45) is 0. The van der Waals surface area contributed by atoms with E-state index >= 15 is 0 Å². The summed E-state index contributed by atoms with van der Waals surface area (Å²) in [6, 6.07) is 13.6. The summed E-state index contributed by atoms with van der Waals surface area (Å²) in [5, 5.41) is 11.1. The van der Waals surface area contributed by atoms with E-state index in [4.69, 9.17) is 0 Å². The van der Waals surface area contributed by atoms with Crippen molar-refractivity contribution in [2.75, 3.05) is 0 Å². The highest BCUT2D eigenvalue weighted by Gasteiger charge is 2.48. The molecule has 1 N–H and O–H groups in total. The zero-order valence-electron chi connectivity index (χ0n) is 17.4. The Morgan fingerprint density at radius 1 is 1.07 bits per heavy atom.